The molecule has 0 saturated carbocycles. The first-order valence-electron chi connectivity index (χ1n) is 6.71. The summed E-state index contributed by atoms with van der Waals surface area (Å²) in [6, 6.07) is 8.96. The van der Waals surface area contributed by atoms with Gasteiger partial charge in [-0.15, -0.1) is 0 Å². The van der Waals surface area contributed by atoms with Crippen molar-refractivity contribution in [3.05, 3.63) is 35.9 Å². The van der Waals surface area contributed by atoms with E-state index in [0.29, 0.717) is 19.6 Å². The summed E-state index contributed by atoms with van der Waals surface area (Å²) in [6.45, 7) is 2.65. The van der Waals surface area contributed by atoms with Crippen molar-refractivity contribution < 1.29 is 19.1 Å². The molecule has 1 aliphatic rings. The van der Waals surface area contributed by atoms with Crippen LogP contribution in [0.2, 0.25) is 0 Å². The summed E-state index contributed by atoms with van der Waals surface area (Å²) < 4.78 is 9.82. The van der Waals surface area contributed by atoms with E-state index in [1.54, 1.807) is 6.92 Å². The number of esters is 2. The van der Waals surface area contributed by atoms with E-state index in [1.165, 1.54) is 7.11 Å². The molecule has 1 aliphatic heterocycles. The van der Waals surface area contributed by atoms with Gasteiger partial charge in [-0.25, -0.2) is 0 Å². The summed E-state index contributed by atoms with van der Waals surface area (Å²) in [4.78, 5) is 25.4. The zero-order valence-corrected chi connectivity index (χ0v) is 11.7. The normalized spacial score (nSPS) is 21.9. The van der Waals surface area contributed by atoms with Crippen LogP contribution in [-0.2, 0) is 25.5 Å². The molecule has 5 nitrogen and oxygen atoms in total. The predicted octanol–water partition coefficient (Wildman–Crippen LogP) is 1.02. The monoisotopic (exact) mass is 277 g/mol. The Kier molecular flexibility index (Phi) is 4.74. The maximum absolute atomic E-state index is 12.1. The smallest absolute Gasteiger partial charge is 0.324 e. The van der Waals surface area contributed by atoms with Gasteiger partial charge in [-0.3, -0.25) is 14.5 Å². The molecule has 0 aromatic heterocycles. The number of carbonyl (C=O) groups excluding carboxylic acids is 2. The largest absolute Gasteiger partial charge is 0.468 e. The van der Waals surface area contributed by atoms with Crippen LogP contribution >= 0.6 is 0 Å². The fourth-order valence-corrected chi connectivity index (χ4v) is 2.25. The van der Waals surface area contributed by atoms with Crippen LogP contribution in [0.1, 0.15) is 12.5 Å². The Bertz CT molecular complexity index is 474. The molecule has 1 unspecified atom stereocenters. The second kappa shape index (κ2) is 6.52. The molecule has 0 bridgehead atoms. The van der Waals surface area contributed by atoms with Crippen LogP contribution in [0.25, 0.3) is 0 Å². The van der Waals surface area contributed by atoms with E-state index >= 15 is 0 Å². The molecule has 0 N–H and O–H groups in total. The second-order valence-corrected chi connectivity index (χ2v) is 4.69. The van der Waals surface area contributed by atoms with Gasteiger partial charge in [-0.2, -0.15) is 0 Å². The summed E-state index contributed by atoms with van der Waals surface area (Å²) in [7, 11) is 1.36. The van der Waals surface area contributed by atoms with Gasteiger partial charge in [0.15, 0.2) is 0 Å². The SMILES string of the molecule is CCOC(=O)[C@@H](Cc1ccccc1)N1C[C@H]1C(=O)OC. The van der Waals surface area contributed by atoms with Crippen LogP contribution in [-0.4, -0.2) is 49.2 Å². The van der Waals surface area contributed by atoms with Crippen molar-refractivity contribution in [2.75, 3.05) is 20.3 Å². The van der Waals surface area contributed by atoms with Crippen molar-refractivity contribution in [2.45, 2.75) is 25.4 Å². The Morgan fingerprint density at radius 2 is 2.05 bits per heavy atom. The first kappa shape index (κ1) is 14.5. The molecule has 2 rings (SSSR count). The van der Waals surface area contributed by atoms with E-state index in [2.05, 4.69) is 0 Å². The number of hydrogen-bond donors (Lipinski definition) is 0. The molecule has 0 amide bonds. The van der Waals surface area contributed by atoms with Crippen LogP contribution in [0, 0.1) is 0 Å². The molecule has 0 radical (unpaired) electrons. The van der Waals surface area contributed by atoms with Gasteiger partial charge in [0.25, 0.3) is 0 Å². The molecule has 5 heteroatoms. The Labute approximate surface area is 118 Å². The Morgan fingerprint density at radius 1 is 1.35 bits per heavy atom. The highest BCUT2D eigenvalue weighted by atomic mass is 16.5. The molecule has 108 valence electrons. The van der Waals surface area contributed by atoms with Crippen molar-refractivity contribution in [1.29, 1.82) is 0 Å². The van der Waals surface area contributed by atoms with Gasteiger partial charge in [0.05, 0.1) is 13.7 Å². The first-order chi connectivity index (χ1) is 9.67. The lowest BCUT2D eigenvalue weighted by Crippen LogP contribution is -2.35. The maximum atomic E-state index is 12.1. The van der Waals surface area contributed by atoms with Gasteiger partial charge < -0.3 is 9.47 Å². The third-order valence-corrected chi connectivity index (χ3v) is 3.35. The van der Waals surface area contributed by atoms with Crippen LogP contribution in [0.3, 0.4) is 0 Å². The van der Waals surface area contributed by atoms with E-state index in [1.807, 2.05) is 35.2 Å². The molecule has 1 fully saturated rings. The molecule has 3 atom stereocenters. The van der Waals surface area contributed by atoms with Crippen molar-refractivity contribution in [2.24, 2.45) is 0 Å². The average molecular weight is 277 g/mol. The summed E-state index contributed by atoms with van der Waals surface area (Å²) >= 11 is 0. The minimum absolute atomic E-state index is 0.289. The zero-order valence-electron chi connectivity index (χ0n) is 11.7. The molecule has 1 aromatic carbocycles. The third-order valence-electron chi connectivity index (χ3n) is 3.35. The maximum Gasteiger partial charge on any atom is 0.324 e. The molecule has 1 heterocycles. The van der Waals surface area contributed by atoms with Crippen molar-refractivity contribution in [1.82, 2.24) is 4.90 Å². The first-order valence-corrected chi connectivity index (χ1v) is 6.71. The van der Waals surface area contributed by atoms with Gasteiger partial charge in [0, 0.05) is 6.54 Å². The average Bonchev–Trinajstić information content (AvgIpc) is 3.25. The van der Waals surface area contributed by atoms with Gasteiger partial charge in [-0.05, 0) is 18.9 Å². The highest BCUT2D eigenvalue weighted by molar-refractivity contribution is 5.83. The highest BCUT2D eigenvalue weighted by Crippen LogP contribution is 2.25. The lowest BCUT2D eigenvalue weighted by molar-refractivity contribution is -0.148. The van der Waals surface area contributed by atoms with E-state index in [0.717, 1.165) is 5.56 Å². The number of rotatable bonds is 6. The standard InChI is InChI=1S/C15H19NO4/c1-3-20-15(18)12(9-11-7-5-4-6-8-11)16-10-13(16)14(17)19-2/h4-8,12-13H,3,9-10H2,1-2H3/t12-,13+,16?/m1/s1. The molecule has 0 spiro atoms. The quantitative estimate of drug-likeness (QED) is 0.574. The van der Waals surface area contributed by atoms with Gasteiger partial charge in [-0.1, -0.05) is 30.3 Å². The third kappa shape index (κ3) is 3.36. The van der Waals surface area contributed by atoms with E-state index in [-0.39, 0.29) is 18.0 Å². The van der Waals surface area contributed by atoms with Crippen molar-refractivity contribution >= 4 is 11.9 Å². The van der Waals surface area contributed by atoms with E-state index in [9.17, 15) is 9.59 Å². The highest BCUT2D eigenvalue weighted by Gasteiger charge is 2.48. The topological polar surface area (TPSA) is 55.6 Å². The number of methoxy groups -OCH3 is 1. The summed E-state index contributed by atoms with van der Waals surface area (Å²) in [5, 5.41) is 0. The predicted molar refractivity (Wildman–Crippen MR) is 73.1 cm³/mol. The summed E-state index contributed by atoms with van der Waals surface area (Å²) in [5.74, 6) is -0.588. The Morgan fingerprint density at radius 3 is 2.65 bits per heavy atom. The molecular weight excluding hydrogens is 258 g/mol. The lowest BCUT2D eigenvalue weighted by atomic mass is 10.1. The van der Waals surface area contributed by atoms with Crippen LogP contribution in [0.15, 0.2) is 30.3 Å². The number of carbonyl (C=O) groups is 2. The molecule has 1 saturated heterocycles. The lowest BCUT2D eigenvalue weighted by Gasteiger charge is -2.17. The van der Waals surface area contributed by atoms with Gasteiger partial charge in [0.2, 0.25) is 0 Å². The van der Waals surface area contributed by atoms with Gasteiger partial charge in [0.1, 0.15) is 12.1 Å². The van der Waals surface area contributed by atoms with Crippen molar-refractivity contribution in [3.8, 4) is 0 Å². The van der Waals surface area contributed by atoms with Crippen LogP contribution < -0.4 is 0 Å². The Balaban J connectivity index is 2.06. The second-order valence-electron chi connectivity index (χ2n) is 4.69. The molecule has 1 aromatic rings. The summed E-state index contributed by atoms with van der Waals surface area (Å²) in [6.07, 6.45) is 0.535. The number of benzene rings is 1. The zero-order chi connectivity index (χ0) is 14.5. The molecule has 20 heavy (non-hydrogen) atoms. The molecular formula is C15H19NO4. The minimum atomic E-state index is -0.429. The number of ether oxygens (including phenoxy) is 2. The van der Waals surface area contributed by atoms with Crippen LogP contribution in [0.5, 0.6) is 0 Å². The van der Waals surface area contributed by atoms with Crippen molar-refractivity contribution in [3.63, 3.8) is 0 Å². The van der Waals surface area contributed by atoms with E-state index in [4.69, 9.17) is 9.47 Å². The fourth-order valence-electron chi connectivity index (χ4n) is 2.25. The fraction of sp³-hybridized carbons (Fsp3) is 0.467. The number of hydrogen-bond acceptors (Lipinski definition) is 5. The summed E-state index contributed by atoms with van der Waals surface area (Å²) in [5.41, 5.74) is 1.04. The molecule has 0 aliphatic carbocycles. The Hall–Kier alpha value is -1.88. The number of nitrogens with zero attached hydrogens (tertiary/aromatic N) is 1. The van der Waals surface area contributed by atoms with E-state index < -0.39 is 6.04 Å². The minimum Gasteiger partial charge on any atom is -0.468 e. The van der Waals surface area contributed by atoms with Gasteiger partial charge >= 0.3 is 11.9 Å². The van der Waals surface area contributed by atoms with Crippen LogP contribution in [0.4, 0.5) is 0 Å².